The summed E-state index contributed by atoms with van der Waals surface area (Å²) in [6.07, 6.45) is 8.13. The molecule has 1 fully saturated rings. The number of ether oxygens (including phenoxy) is 1. The van der Waals surface area contributed by atoms with Crippen molar-refractivity contribution in [3.8, 4) is 0 Å². The van der Waals surface area contributed by atoms with Crippen molar-refractivity contribution in [2.75, 3.05) is 13.2 Å². The van der Waals surface area contributed by atoms with Crippen molar-refractivity contribution in [1.82, 2.24) is 5.32 Å². The van der Waals surface area contributed by atoms with Crippen molar-refractivity contribution in [3.05, 3.63) is 0 Å². The molecular weight excluding hydrogens is 198 g/mol. The molecule has 0 aromatic heterocycles. The summed E-state index contributed by atoms with van der Waals surface area (Å²) in [6, 6.07) is 0.730. The third kappa shape index (κ3) is 4.42. The maximum Gasteiger partial charge on any atom is 0.0613 e. The Bertz CT molecular complexity index is 166. The Morgan fingerprint density at radius 1 is 1.19 bits per heavy atom. The first kappa shape index (κ1) is 14.0. The van der Waals surface area contributed by atoms with Crippen LogP contribution in [0, 0.1) is 5.92 Å². The summed E-state index contributed by atoms with van der Waals surface area (Å²) in [5.74, 6) is 0.751. The van der Waals surface area contributed by atoms with Gasteiger partial charge in [-0.3, -0.25) is 0 Å². The molecule has 1 heterocycles. The molecule has 0 aromatic carbocycles. The van der Waals surface area contributed by atoms with Crippen LogP contribution in [0.1, 0.15) is 59.3 Å². The molecule has 0 spiro atoms. The minimum atomic E-state index is 0.511. The molecule has 2 atom stereocenters. The molecule has 16 heavy (non-hydrogen) atoms. The van der Waals surface area contributed by atoms with Gasteiger partial charge in [0.25, 0.3) is 0 Å². The second-order valence-corrected chi connectivity index (χ2v) is 5.05. The van der Waals surface area contributed by atoms with Gasteiger partial charge in [-0.2, -0.15) is 0 Å². The number of hydrogen-bond donors (Lipinski definition) is 1. The molecule has 1 N–H and O–H groups in total. The zero-order valence-electron chi connectivity index (χ0n) is 11.3. The Hall–Kier alpha value is -0.0800. The van der Waals surface area contributed by atoms with E-state index in [0.29, 0.717) is 6.10 Å². The van der Waals surface area contributed by atoms with Gasteiger partial charge in [0.15, 0.2) is 0 Å². The van der Waals surface area contributed by atoms with E-state index in [1.807, 2.05) is 0 Å². The van der Waals surface area contributed by atoms with Gasteiger partial charge in [-0.1, -0.05) is 33.6 Å². The zero-order chi connectivity index (χ0) is 11.8. The second-order valence-electron chi connectivity index (χ2n) is 5.05. The van der Waals surface area contributed by atoms with E-state index in [9.17, 15) is 0 Å². The lowest BCUT2D eigenvalue weighted by molar-refractivity contribution is 0.0864. The highest BCUT2D eigenvalue weighted by molar-refractivity contribution is 4.79. The predicted octanol–water partition coefficient (Wildman–Crippen LogP) is 3.36. The van der Waals surface area contributed by atoms with E-state index in [0.717, 1.165) is 25.1 Å². The Labute approximate surface area is 101 Å². The molecule has 1 aliphatic heterocycles. The summed E-state index contributed by atoms with van der Waals surface area (Å²) in [5.41, 5.74) is 0. The molecule has 0 saturated carbocycles. The second kappa shape index (κ2) is 8.08. The summed E-state index contributed by atoms with van der Waals surface area (Å²) >= 11 is 0. The van der Waals surface area contributed by atoms with Crippen molar-refractivity contribution in [2.24, 2.45) is 5.92 Å². The van der Waals surface area contributed by atoms with Crippen LogP contribution in [0.3, 0.4) is 0 Å². The number of rotatable bonds is 8. The quantitative estimate of drug-likeness (QED) is 0.686. The van der Waals surface area contributed by atoms with Crippen LogP contribution in [0.15, 0.2) is 0 Å². The van der Waals surface area contributed by atoms with Crippen molar-refractivity contribution in [2.45, 2.75) is 71.4 Å². The summed E-state index contributed by atoms with van der Waals surface area (Å²) in [4.78, 5) is 0. The SMILES string of the molecule is CCCC(CCC)NCC1CCOC1CC. The molecule has 0 radical (unpaired) electrons. The van der Waals surface area contributed by atoms with Crippen LogP contribution in [-0.2, 0) is 4.74 Å². The number of nitrogens with one attached hydrogen (secondary N) is 1. The van der Waals surface area contributed by atoms with Crippen molar-refractivity contribution >= 4 is 0 Å². The lowest BCUT2D eigenvalue weighted by Crippen LogP contribution is -2.35. The molecule has 0 amide bonds. The van der Waals surface area contributed by atoms with Crippen LogP contribution in [0.25, 0.3) is 0 Å². The highest BCUT2D eigenvalue weighted by Gasteiger charge is 2.26. The minimum absolute atomic E-state index is 0.511. The van der Waals surface area contributed by atoms with E-state index in [1.54, 1.807) is 0 Å². The van der Waals surface area contributed by atoms with Gasteiger partial charge in [0, 0.05) is 19.2 Å². The van der Waals surface area contributed by atoms with Crippen LogP contribution in [-0.4, -0.2) is 25.3 Å². The lowest BCUT2D eigenvalue weighted by atomic mass is 9.98. The predicted molar refractivity (Wildman–Crippen MR) is 69.7 cm³/mol. The van der Waals surface area contributed by atoms with Gasteiger partial charge in [0.05, 0.1) is 6.10 Å². The van der Waals surface area contributed by atoms with E-state index >= 15 is 0 Å². The fourth-order valence-corrected chi connectivity index (χ4v) is 2.74. The minimum Gasteiger partial charge on any atom is -0.378 e. The number of hydrogen-bond acceptors (Lipinski definition) is 2. The third-order valence-electron chi connectivity index (χ3n) is 3.69. The molecule has 1 aliphatic rings. The Morgan fingerprint density at radius 2 is 1.88 bits per heavy atom. The highest BCUT2D eigenvalue weighted by Crippen LogP contribution is 2.22. The molecule has 1 saturated heterocycles. The van der Waals surface area contributed by atoms with E-state index < -0.39 is 0 Å². The van der Waals surface area contributed by atoms with Crippen molar-refractivity contribution < 1.29 is 4.74 Å². The third-order valence-corrected chi connectivity index (χ3v) is 3.69. The molecule has 0 bridgehead atoms. The molecule has 2 nitrogen and oxygen atoms in total. The van der Waals surface area contributed by atoms with Gasteiger partial charge in [0.2, 0.25) is 0 Å². The monoisotopic (exact) mass is 227 g/mol. The smallest absolute Gasteiger partial charge is 0.0613 e. The van der Waals surface area contributed by atoms with Gasteiger partial charge < -0.3 is 10.1 Å². The van der Waals surface area contributed by atoms with Crippen LogP contribution in [0.5, 0.6) is 0 Å². The molecule has 1 rings (SSSR count). The van der Waals surface area contributed by atoms with Gasteiger partial charge in [-0.15, -0.1) is 0 Å². The lowest BCUT2D eigenvalue weighted by Gasteiger charge is -2.22. The first-order valence-corrected chi connectivity index (χ1v) is 7.16. The first-order chi connectivity index (χ1) is 7.81. The average Bonchev–Trinajstić information content (AvgIpc) is 2.74. The summed E-state index contributed by atoms with van der Waals surface area (Å²) in [5, 5.41) is 3.75. The maximum absolute atomic E-state index is 5.73. The van der Waals surface area contributed by atoms with Gasteiger partial charge >= 0.3 is 0 Å². The molecule has 0 aromatic rings. The molecule has 2 unspecified atom stereocenters. The summed E-state index contributed by atoms with van der Waals surface area (Å²) in [6.45, 7) is 8.91. The Balaban J connectivity index is 2.24. The molecule has 96 valence electrons. The van der Waals surface area contributed by atoms with Crippen molar-refractivity contribution in [1.29, 1.82) is 0 Å². The van der Waals surface area contributed by atoms with Gasteiger partial charge in [-0.25, -0.2) is 0 Å². The maximum atomic E-state index is 5.73. The fourth-order valence-electron chi connectivity index (χ4n) is 2.74. The largest absolute Gasteiger partial charge is 0.378 e. The molecule has 2 heteroatoms. The van der Waals surface area contributed by atoms with E-state index in [4.69, 9.17) is 4.74 Å². The van der Waals surface area contributed by atoms with Crippen LogP contribution >= 0.6 is 0 Å². The van der Waals surface area contributed by atoms with Crippen molar-refractivity contribution in [3.63, 3.8) is 0 Å². The first-order valence-electron chi connectivity index (χ1n) is 7.16. The fraction of sp³-hybridized carbons (Fsp3) is 1.00. The average molecular weight is 227 g/mol. The van der Waals surface area contributed by atoms with Crippen LogP contribution in [0.4, 0.5) is 0 Å². The summed E-state index contributed by atoms with van der Waals surface area (Å²) in [7, 11) is 0. The van der Waals surface area contributed by atoms with Crippen LogP contribution < -0.4 is 5.32 Å². The Morgan fingerprint density at radius 3 is 2.44 bits per heavy atom. The summed E-state index contributed by atoms with van der Waals surface area (Å²) < 4.78 is 5.73. The van der Waals surface area contributed by atoms with Crippen LogP contribution in [0.2, 0.25) is 0 Å². The highest BCUT2D eigenvalue weighted by atomic mass is 16.5. The van der Waals surface area contributed by atoms with Gasteiger partial charge in [-0.05, 0) is 31.6 Å². The standard InChI is InChI=1S/C14H29NO/c1-4-7-13(8-5-2)15-11-12-9-10-16-14(12)6-3/h12-15H,4-11H2,1-3H3. The normalized spacial score (nSPS) is 25.5. The topological polar surface area (TPSA) is 21.3 Å². The zero-order valence-corrected chi connectivity index (χ0v) is 11.3. The van der Waals surface area contributed by atoms with Gasteiger partial charge in [0.1, 0.15) is 0 Å². The van der Waals surface area contributed by atoms with E-state index in [2.05, 4.69) is 26.1 Å². The van der Waals surface area contributed by atoms with E-state index in [1.165, 1.54) is 38.5 Å². The molecule has 0 aliphatic carbocycles. The Kier molecular flexibility index (Phi) is 7.06. The van der Waals surface area contributed by atoms with E-state index in [-0.39, 0.29) is 0 Å². The molecular formula is C14H29NO.